The van der Waals surface area contributed by atoms with Gasteiger partial charge in [0.05, 0.1) is 12.2 Å². The maximum atomic E-state index is 10.8. The Labute approximate surface area is 125 Å². The molecule has 0 spiro atoms. The number of aromatic nitrogens is 2. The number of rotatable bonds is 7. The Kier molecular flexibility index (Phi) is 5.37. The molecule has 5 nitrogen and oxygen atoms in total. The molecule has 0 bridgehead atoms. The van der Waals surface area contributed by atoms with Gasteiger partial charge in [-0.15, -0.1) is 10.2 Å². The molecular formula is C13H14N2O3S2. The van der Waals surface area contributed by atoms with Crippen molar-refractivity contribution < 1.29 is 14.6 Å². The average molecular weight is 310 g/mol. The van der Waals surface area contributed by atoms with Gasteiger partial charge in [0.2, 0.25) is 0 Å². The van der Waals surface area contributed by atoms with Gasteiger partial charge in [-0.1, -0.05) is 29.2 Å². The molecule has 106 valence electrons. The second-order valence-corrected chi connectivity index (χ2v) is 6.49. The first kappa shape index (κ1) is 14.8. The molecule has 0 aliphatic heterocycles. The molecule has 0 saturated heterocycles. The largest absolute Gasteiger partial charge is 0.494 e. The number of aromatic carboxylic acids is 1. The van der Waals surface area contributed by atoms with E-state index < -0.39 is 5.97 Å². The fourth-order valence-electron chi connectivity index (χ4n) is 1.46. The number of carboxylic acid groups (broad SMARTS) is 1. The van der Waals surface area contributed by atoms with Crippen LogP contribution in [0.4, 0.5) is 0 Å². The SMILES string of the molecule is Cc1nnc(SCCCOc2cccc(C(=O)O)c2)s1. The lowest BCUT2D eigenvalue weighted by Gasteiger charge is -2.06. The maximum Gasteiger partial charge on any atom is 0.335 e. The van der Waals surface area contributed by atoms with E-state index in [1.54, 1.807) is 41.3 Å². The van der Waals surface area contributed by atoms with E-state index in [4.69, 9.17) is 9.84 Å². The van der Waals surface area contributed by atoms with E-state index in [0.717, 1.165) is 21.5 Å². The maximum absolute atomic E-state index is 10.8. The van der Waals surface area contributed by atoms with Crippen molar-refractivity contribution in [2.75, 3.05) is 12.4 Å². The predicted octanol–water partition coefficient (Wildman–Crippen LogP) is 3.11. The van der Waals surface area contributed by atoms with Crippen molar-refractivity contribution in [3.63, 3.8) is 0 Å². The highest BCUT2D eigenvalue weighted by Gasteiger charge is 2.04. The highest BCUT2D eigenvalue weighted by molar-refractivity contribution is 8.01. The molecule has 20 heavy (non-hydrogen) atoms. The van der Waals surface area contributed by atoms with Gasteiger partial charge in [-0.05, 0) is 31.5 Å². The Morgan fingerprint density at radius 2 is 2.30 bits per heavy atom. The lowest BCUT2D eigenvalue weighted by atomic mass is 10.2. The molecular weight excluding hydrogens is 296 g/mol. The summed E-state index contributed by atoms with van der Waals surface area (Å²) < 4.78 is 6.50. The van der Waals surface area contributed by atoms with E-state index in [1.165, 1.54) is 6.07 Å². The minimum Gasteiger partial charge on any atom is -0.494 e. The molecule has 0 atom stereocenters. The highest BCUT2D eigenvalue weighted by atomic mass is 32.2. The van der Waals surface area contributed by atoms with Crippen molar-refractivity contribution >= 4 is 29.1 Å². The van der Waals surface area contributed by atoms with Crippen molar-refractivity contribution in [2.24, 2.45) is 0 Å². The van der Waals surface area contributed by atoms with Crippen molar-refractivity contribution in [2.45, 2.75) is 17.7 Å². The highest BCUT2D eigenvalue weighted by Crippen LogP contribution is 2.22. The number of carboxylic acids is 1. The van der Waals surface area contributed by atoms with Crippen LogP contribution in [-0.2, 0) is 0 Å². The van der Waals surface area contributed by atoms with Crippen LogP contribution in [0.2, 0.25) is 0 Å². The summed E-state index contributed by atoms with van der Waals surface area (Å²) in [5.41, 5.74) is 0.237. The number of ether oxygens (including phenoxy) is 1. The van der Waals surface area contributed by atoms with Crippen LogP contribution in [0.25, 0.3) is 0 Å². The molecule has 1 heterocycles. The summed E-state index contributed by atoms with van der Waals surface area (Å²) in [6, 6.07) is 6.51. The lowest BCUT2D eigenvalue weighted by Crippen LogP contribution is -2.01. The molecule has 1 aromatic carbocycles. The molecule has 0 radical (unpaired) electrons. The lowest BCUT2D eigenvalue weighted by molar-refractivity contribution is 0.0696. The van der Waals surface area contributed by atoms with Crippen molar-refractivity contribution in [1.29, 1.82) is 0 Å². The first-order valence-electron chi connectivity index (χ1n) is 6.04. The number of hydrogen-bond donors (Lipinski definition) is 1. The molecule has 0 amide bonds. The van der Waals surface area contributed by atoms with Gasteiger partial charge in [0.1, 0.15) is 10.8 Å². The number of carbonyl (C=O) groups is 1. The number of thioether (sulfide) groups is 1. The Balaban J connectivity index is 1.70. The molecule has 1 aromatic heterocycles. The van der Waals surface area contributed by atoms with Crippen LogP contribution in [0.15, 0.2) is 28.6 Å². The van der Waals surface area contributed by atoms with Gasteiger partial charge in [-0.3, -0.25) is 0 Å². The topological polar surface area (TPSA) is 72.3 Å². The number of aryl methyl sites for hydroxylation is 1. The molecule has 2 aromatic rings. The van der Waals surface area contributed by atoms with Gasteiger partial charge in [0.15, 0.2) is 4.34 Å². The first-order chi connectivity index (χ1) is 9.65. The monoisotopic (exact) mass is 310 g/mol. The van der Waals surface area contributed by atoms with Gasteiger partial charge in [-0.25, -0.2) is 4.79 Å². The Hall–Kier alpha value is -1.60. The molecule has 0 unspecified atom stereocenters. The normalized spacial score (nSPS) is 10.4. The van der Waals surface area contributed by atoms with Gasteiger partial charge in [0, 0.05) is 5.75 Å². The second-order valence-electron chi connectivity index (χ2n) is 3.97. The zero-order valence-corrected chi connectivity index (χ0v) is 12.5. The van der Waals surface area contributed by atoms with E-state index in [1.807, 2.05) is 6.92 Å². The summed E-state index contributed by atoms with van der Waals surface area (Å²) in [4.78, 5) is 10.8. The van der Waals surface area contributed by atoms with E-state index in [-0.39, 0.29) is 5.56 Å². The summed E-state index contributed by atoms with van der Waals surface area (Å²) in [7, 11) is 0. The van der Waals surface area contributed by atoms with Crippen molar-refractivity contribution in [1.82, 2.24) is 10.2 Å². The molecule has 0 aliphatic rings. The Bertz CT molecular complexity index is 587. The zero-order chi connectivity index (χ0) is 14.4. The zero-order valence-electron chi connectivity index (χ0n) is 10.9. The smallest absolute Gasteiger partial charge is 0.335 e. The molecule has 7 heteroatoms. The fraction of sp³-hybridized carbons (Fsp3) is 0.308. The van der Waals surface area contributed by atoms with Gasteiger partial charge < -0.3 is 9.84 Å². The van der Waals surface area contributed by atoms with Crippen LogP contribution in [0, 0.1) is 6.92 Å². The number of benzene rings is 1. The minimum atomic E-state index is -0.947. The van der Waals surface area contributed by atoms with E-state index in [9.17, 15) is 4.79 Å². The third-order valence-corrected chi connectivity index (χ3v) is 4.43. The van der Waals surface area contributed by atoms with Crippen molar-refractivity contribution in [3.05, 3.63) is 34.8 Å². The summed E-state index contributed by atoms with van der Waals surface area (Å²) in [5.74, 6) is 0.534. The summed E-state index contributed by atoms with van der Waals surface area (Å²) in [5, 5.41) is 17.8. The van der Waals surface area contributed by atoms with Crippen LogP contribution >= 0.6 is 23.1 Å². The minimum absolute atomic E-state index is 0.237. The van der Waals surface area contributed by atoms with Crippen LogP contribution in [0.3, 0.4) is 0 Å². The summed E-state index contributed by atoms with van der Waals surface area (Å²) in [6.07, 6.45) is 0.862. The fourth-order valence-corrected chi connectivity index (χ4v) is 3.26. The molecule has 0 aliphatic carbocycles. The summed E-state index contributed by atoms with van der Waals surface area (Å²) >= 11 is 3.24. The number of nitrogens with zero attached hydrogens (tertiary/aromatic N) is 2. The van der Waals surface area contributed by atoms with Crippen LogP contribution in [0.1, 0.15) is 21.8 Å². The number of hydrogen-bond acceptors (Lipinski definition) is 6. The molecule has 1 N–H and O–H groups in total. The van der Waals surface area contributed by atoms with Crippen LogP contribution in [-0.4, -0.2) is 33.6 Å². The molecule has 0 fully saturated rings. The molecule has 2 rings (SSSR count). The quantitative estimate of drug-likeness (QED) is 0.626. The van der Waals surface area contributed by atoms with Gasteiger partial charge >= 0.3 is 5.97 Å². The van der Waals surface area contributed by atoms with Crippen LogP contribution < -0.4 is 4.74 Å². The van der Waals surface area contributed by atoms with E-state index in [0.29, 0.717) is 12.4 Å². The van der Waals surface area contributed by atoms with Gasteiger partial charge in [0.25, 0.3) is 0 Å². The third kappa shape index (κ3) is 4.50. The first-order valence-corrected chi connectivity index (χ1v) is 7.84. The average Bonchev–Trinajstić information content (AvgIpc) is 2.84. The predicted molar refractivity (Wildman–Crippen MR) is 78.9 cm³/mol. The molecule has 0 saturated carbocycles. The second kappa shape index (κ2) is 7.25. The Morgan fingerprint density at radius 1 is 1.45 bits per heavy atom. The van der Waals surface area contributed by atoms with E-state index in [2.05, 4.69) is 10.2 Å². The third-order valence-electron chi connectivity index (χ3n) is 2.37. The Morgan fingerprint density at radius 3 is 3.00 bits per heavy atom. The standard InChI is InChI=1S/C13H14N2O3S2/c1-9-14-15-13(20-9)19-7-3-6-18-11-5-2-4-10(8-11)12(16)17/h2,4-5,8H,3,6-7H2,1H3,(H,16,17). The van der Waals surface area contributed by atoms with Gasteiger partial charge in [-0.2, -0.15) is 0 Å². The van der Waals surface area contributed by atoms with E-state index >= 15 is 0 Å². The summed E-state index contributed by atoms with van der Waals surface area (Å²) in [6.45, 7) is 2.48. The van der Waals surface area contributed by atoms with Crippen molar-refractivity contribution in [3.8, 4) is 5.75 Å². The van der Waals surface area contributed by atoms with Crippen LogP contribution in [0.5, 0.6) is 5.75 Å².